The van der Waals surface area contributed by atoms with E-state index in [1.54, 1.807) is 0 Å². The van der Waals surface area contributed by atoms with Crippen molar-refractivity contribution in [3.63, 3.8) is 0 Å². The van der Waals surface area contributed by atoms with E-state index in [1.807, 2.05) is 6.08 Å². The Bertz CT molecular complexity index is 300. The Morgan fingerprint density at radius 1 is 1.64 bits per heavy atom. The van der Waals surface area contributed by atoms with Gasteiger partial charge in [-0.25, -0.2) is 0 Å². The van der Waals surface area contributed by atoms with Crippen LogP contribution in [0.3, 0.4) is 0 Å². The highest BCUT2D eigenvalue weighted by molar-refractivity contribution is 5.86. The lowest BCUT2D eigenvalue weighted by atomic mass is 9.60. The lowest BCUT2D eigenvalue weighted by Crippen LogP contribution is -2.41. The van der Waals surface area contributed by atoms with E-state index in [2.05, 4.69) is 19.6 Å². The molecule has 0 aromatic heterocycles. The molecule has 0 heterocycles. The van der Waals surface area contributed by atoms with Gasteiger partial charge in [0.25, 0.3) is 0 Å². The number of rotatable bonds is 1. The first-order valence-corrected chi connectivity index (χ1v) is 5.51. The summed E-state index contributed by atoms with van der Waals surface area (Å²) in [7, 11) is 0. The van der Waals surface area contributed by atoms with Crippen LogP contribution in [0.15, 0.2) is 24.3 Å². The molecule has 1 nitrogen and oxygen atoms in total. The zero-order valence-electron chi connectivity index (χ0n) is 8.88. The molecule has 1 fully saturated rings. The summed E-state index contributed by atoms with van der Waals surface area (Å²) >= 11 is 0. The van der Waals surface area contributed by atoms with E-state index < -0.39 is 0 Å². The predicted octanol–water partition coefficient (Wildman–Crippen LogP) is 3.27. The van der Waals surface area contributed by atoms with Gasteiger partial charge in [-0.3, -0.25) is 4.79 Å². The number of hydrogen-bond acceptors (Lipinski definition) is 1. The molecule has 0 saturated heterocycles. The molecule has 0 radical (unpaired) electrons. The van der Waals surface area contributed by atoms with Gasteiger partial charge in [0.15, 0.2) is 0 Å². The van der Waals surface area contributed by atoms with Gasteiger partial charge in [-0.05, 0) is 31.6 Å². The van der Waals surface area contributed by atoms with Crippen molar-refractivity contribution in [1.29, 1.82) is 0 Å². The van der Waals surface area contributed by atoms with E-state index >= 15 is 0 Å². The molecule has 76 valence electrons. The Kier molecular flexibility index (Phi) is 2.34. The van der Waals surface area contributed by atoms with Gasteiger partial charge in [0.05, 0.1) is 0 Å². The van der Waals surface area contributed by atoms with E-state index in [0.717, 1.165) is 25.7 Å². The highest BCUT2D eigenvalue weighted by atomic mass is 16.1. The third-order valence-corrected chi connectivity index (χ3v) is 3.99. The van der Waals surface area contributed by atoms with E-state index in [0.29, 0.717) is 11.7 Å². The molecule has 0 N–H and O–H groups in total. The lowest BCUT2D eigenvalue weighted by Gasteiger charge is -2.42. The number of ketones is 1. The normalized spacial score (nSPS) is 37.4. The minimum Gasteiger partial charge on any atom is -0.299 e. The van der Waals surface area contributed by atoms with E-state index in [-0.39, 0.29) is 5.41 Å². The quantitative estimate of drug-likeness (QED) is 0.620. The average molecular weight is 190 g/mol. The molecule has 0 amide bonds. The van der Waals surface area contributed by atoms with Crippen molar-refractivity contribution < 1.29 is 4.79 Å². The Labute approximate surface area is 85.9 Å². The highest BCUT2D eigenvalue weighted by Crippen LogP contribution is 2.47. The highest BCUT2D eigenvalue weighted by Gasteiger charge is 2.44. The molecule has 0 aliphatic heterocycles. The lowest BCUT2D eigenvalue weighted by molar-refractivity contribution is -0.134. The summed E-state index contributed by atoms with van der Waals surface area (Å²) in [6.07, 6.45) is 9.27. The number of hydrogen-bond donors (Lipinski definition) is 0. The van der Waals surface area contributed by atoms with Crippen molar-refractivity contribution in [2.75, 3.05) is 0 Å². The number of allylic oxidation sites excluding steroid dienone is 3. The topological polar surface area (TPSA) is 17.1 Å². The Morgan fingerprint density at radius 3 is 3.14 bits per heavy atom. The van der Waals surface area contributed by atoms with E-state index in [4.69, 9.17) is 0 Å². The van der Waals surface area contributed by atoms with Gasteiger partial charge < -0.3 is 0 Å². The maximum atomic E-state index is 12.0. The third kappa shape index (κ3) is 1.35. The van der Waals surface area contributed by atoms with Crippen LogP contribution in [0.4, 0.5) is 0 Å². The number of carbonyl (C=O) groups is 1. The molecule has 0 bridgehead atoms. The van der Waals surface area contributed by atoms with Gasteiger partial charge >= 0.3 is 0 Å². The first-order valence-electron chi connectivity index (χ1n) is 5.51. The van der Waals surface area contributed by atoms with Crippen molar-refractivity contribution in [2.24, 2.45) is 11.3 Å². The second-order valence-electron chi connectivity index (χ2n) is 4.83. The number of fused-ring (bicyclic) bond motifs is 1. The fourth-order valence-corrected chi connectivity index (χ4v) is 2.91. The average Bonchev–Trinajstić information content (AvgIpc) is 2.19. The molecule has 1 saturated carbocycles. The SMILES string of the molecule is C=CC1=CC[C@H]2CCCC(=O)[C@]2(C)C1. The predicted molar refractivity (Wildman–Crippen MR) is 58.0 cm³/mol. The van der Waals surface area contributed by atoms with Gasteiger partial charge in [0.1, 0.15) is 5.78 Å². The van der Waals surface area contributed by atoms with Gasteiger partial charge in [-0.1, -0.05) is 31.2 Å². The zero-order chi connectivity index (χ0) is 10.2. The molecule has 0 aromatic rings. The number of Topliss-reactive ketones (excluding diaryl/α,β-unsaturated/α-hetero) is 1. The second kappa shape index (κ2) is 3.38. The standard InChI is InChI=1S/C13H18O/c1-3-10-7-8-11-5-4-6-12(14)13(11,2)9-10/h3,7,11H,1,4-6,8-9H2,2H3/t11-,13-/m1/s1. The Balaban J connectivity index is 2.29. The van der Waals surface area contributed by atoms with Crippen molar-refractivity contribution in [1.82, 2.24) is 0 Å². The van der Waals surface area contributed by atoms with Gasteiger partial charge in [0, 0.05) is 11.8 Å². The molecule has 0 unspecified atom stereocenters. The smallest absolute Gasteiger partial charge is 0.139 e. The molecule has 2 atom stereocenters. The minimum atomic E-state index is -0.0729. The first kappa shape index (κ1) is 9.70. The van der Waals surface area contributed by atoms with Crippen LogP contribution < -0.4 is 0 Å². The Hall–Kier alpha value is -0.850. The van der Waals surface area contributed by atoms with Crippen LogP contribution in [0.1, 0.15) is 39.0 Å². The fraction of sp³-hybridized carbons (Fsp3) is 0.615. The van der Waals surface area contributed by atoms with E-state index in [9.17, 15) is 4.79 Å². The van der Waals surface area contributed by atoms with Gasteiger partial charge in [-0.2, -0.15) is 0 Å². The summed E-state index contributed by atoms with van der Waals surface area (Å²) in [6.45, 7) is 5.95. The van der Waals surface area contributed by atoms with Gasteiger partial charge in [-0.15, -0.1) is 0 Å². The summed E-state index contributed by atoms with van der Waals surface area (Å²) in [4.78, 5) is 12.0. The maximum absolute atomic E-state index is 12.0. The Morgan fingerprint density at radius 2 is 2.43 bits per heavy atom. The zero-order valence-corrected chi connectivity index (χ0v) is 8.88. The fourth-order valence-electron chi connectivity index (χ4n) is 2.91. The second-order valence-corrected chi connectivity index (χ2v) is 4.83. The summed E-state index contributed by atoms with van der Waals surface area (Å²) in [5.41, 5.74) is 1.19. The van der Waals surface area contributed by atoms with Crippen LogP contribution in [0.25, 0.3) is 0 Å². The molecule has 1 heteroatoms. The molecule has 2 aliphatic rings. The van der Waals surface area contributed by atoms with Crippen LogP contribution in [0.5, 0.6) is 0 Å². The third-order valence-electron chi connectivity index (χ3n) is 3.99. The first-order chi connectivity index (χ1) is 6.66. The van der Waals surface area contributed by atoms with E-state index in [1.165, 1.54) is 12.0 Å². The van der Waals surface area contributed by atoms with Crippen LogP contribution in [-0.4, -0.2) is 5.78 Å². The van der Waals surface area contributed by atoms with Crippen molar-refractivity contribution in [3.05, 3.63) is 24.3 Å². The summed E-state index contributed by atoms with van der Waals surface area (Å²) in [5, 5.41) is 0. The monoisotopic (exact) mass is 190 g/mol. The van der Waals surface area contributed by atoms with Crippen LogP contribution in [0.2, 0.25) is 0 Å². The van der Waals surface area contributed by atoms with Crippen molar-refractivity contribution in [2.45, 2.75) is 39.0 Å². The summed E-state index contributed by atoms with van der Waals surface area (Å²) < 4.78 is 0. The van der Waals surface area contributed by atoms with Crippen LogP contribution >= 0.6 is 0 Å². The molecule has 0 spiro atoms. The molecule has 0 aromatic carbocycles. The molecule has 2 aliphatic carbocycles. The molecule has 2 rings (SSSR count). The minimum absolute atomic E-state index is 0.0729. The molecular formula is C13H18O. The molecule has 14 heavy (non-hydrogen) atoms. The maximum Gasteiger partial charge on any atom is 0.139 e. The van der Waals surface area contributed by atoms with Crippen molar-refractivity contribution >= 4 is 5.78 Å². The number of carbonyl (C=O) groups excluding carboxylic acids is 1. The van der Waals surface area contributed by atoms with Crippen LogP contribution in [-0.2, 0) is 4.79 Å². The summed E-state index contributed by atoms with van der Waals surface area (Å²) in [6, 6.07) is 0. The van der Waals surface area contributed by atoms with Gasteiger partial charge in [0.2, 0.25) is 0 Å². The van der Waals surface area contributed by atoms with Crippen LogP contribution in [0, 0.1) is 11.3 Å². The molecular weight excluding hydrogens is 172 g/mol. The summed E-state index contributed by atoms with van der Waals surface area (Å²) in [5.74, 6) is 1.06. The van der Waals surface area contributed by atoms with Crippen molar-refractivity contribution in [3.8, 4) is 0 Å². The largest absolute Gasteiger partial charge is 0.299 e.